The van der Waals surface area contributed by atoms with Crippen molar-refractivity contribution in [3.05, 3.63) is 76.2 Å². The summed E-state index contributed by atoms with van der Waals surface area (Å²) in [6.07, 6.45) is 0. The number of fused-ring (bicyclic) bond motifs is 1. The van der Waals surface area contributed by atoms with Crippen molar-refractivity contribution in [2.75, 3.05) is 33.3 Å². The van der Waals surface area contributed by atoms with Crippen molar-refractivity contribution >= 4 is 16.7 Å². The molecule has 0 radical (unpaired) electrons. The summed E-state index contributed by atoms with van der Waals surface area (Å²) in [5.41, 5.74) is 0.926. The number of ether oxygens (including phenoxy) is 1. The number of rotatable bonds is 4. The van der Waals surface area contributed by atoms with Crippen LogP contribution in [-0.4, -0.2) is 54.0 Å². The number of nitrogens with zero attached hydrogens (tertiary/aromatic N) is 3. The van der Waals surface area contributed by atoms with Gasteiger partial charge < -0.3 is 14.6 Å². The number of carbonyl (C=O) groups excluding carboxylic acids is 1. The molecule has 3 aromatic rings. The van der Waals surface area contributed by atoms with E-state index < -0.39 is 0 Å². The van der Waals surface area contributed by atoms with Crippen LogP contribution in [0.25, 0.3) is 10.8 Å². The molecule has 2 aromatic carbocycles. The maximum atomic E-state index is 12.9. The van der Waals surface area contributed by atoms with Crippen molar-refractivity contribution in [2.24, 2.45) is 0 Å². The van der Waals surface area contributed by atoms with E-state index in [1.165, 1.54) is 0 Å². The minimum absolute atomic E-state index is 0.199. The first kappa shape index (κ1) is 19.7. The van der Waals surface area contributed by atoms with Gasteiger partial charge in [-0.25, -0.2) is 0 Å². The predicted molar refractivity (Wildman–Crippen MR) is 113 cm³/mol. The topological polar surface area (TPSA) is 89.4 Å². The van der Waals surface area contributed by atoms with E-state index in [0.717, 1.165) is 16.7 Å². The molecule has 1 aliphatic heterocycles. The molecular formula is C23H22N4O3. The Morgan fingerprint density at radius 1 is 1.10 bits per heavy atom. The lowest BCUT2D eigenvalue weighted by Gasteiger charge is -2.37. The number of nitriles is 1. The van der Waals surface area contributed by atoms with Crippen LogP contribution in [0, 0.1) is 11.3 Å². The van der Waals surface area contributed by atoms with Gasteiger partial charge in [-0.2, -0.15) is 5.26 Å². The molecule has 0 spiro atoms. The zero-order valence-electron chi connectivity index (χ0n) is 16.7. The summed E-state index contributed by atoms with van der Waals surface area (Å²) in [4.78, 5) is 31.7. The zero-order valence-corrected chi connectivity index (χ0v) is 16.7. The first-order valence-corrected chi connectivity index (χ1v) is 9.79. The molecule has 1 unspecified atom stereocenters. The number of H-pyrrole nitrogens is 1. The van der Waals surface area contributed by atoms with Crippen LogP contribution in [0.4, 0.5) is 0 Å². The second-order valence-corrected chi connectivity index (χ2v) is 7.23. The zero-order chi connectivity index (χ0) is 21.1. The average Bonchev–Trinajstić information content (AvgIpc) is 2.80. The molecule has 1 aliphatic rings. The Balaban J connectivity index is 1.46. The van der Waals surface area contributed by atoms with Gasteiger partial charge in [-0.1, -0.05) is 30.3 Å². The van der Waals surface area contributed by atoms with Crippen molar-refractivity contribution < 1.29 is 9.53 Å². The molecule has 1 saturated heterocycles. The van der Waals surface area contributed by atoms with Gasteiger partial charge in [0.25, 0.3) is 11.5 Å². The van der Waals surface area contributed by atoms with E-state index in [1.807, 2.05) is 36.4 Å². The smallest absolute Gasteiger partial charge is 0.270 e. The molecule has 0 bridgehead atoms. The number of carbonyl (C=O) groups is 1. The fourth-order valence-electron chi connectivity index (χ4n) is 3.83. The number of aromatic nitrogens is 1. The molecule has 7 nitrogen and oxygen atoms in total. The second-order valence-electron chi connectivity index (χ2n) is 7.23. The molecule has 152 valence electrons. The first-order chi connectivity index (χ1) is 14.6. The Labute approximate surface area is 174 Å². The number of benzene rings is 2. The molecule has 4 rings (SSSR count). The monoisotopic (exact) mass is 402 g/mol. The van der Waals surface area contributed by atoms with E-state index in [4.69, 9.17) is 4.74 Å². The maximum absolute atomic E-state index is 12.9. The summed E-state index contributed by atoms with van der Waals surface area (Å²) in [6.45, 7) is 2.13. The van der Waals surface area contributed by atoms with E-state index in [0.29, 0.717) is 37.3 Å². The Morgan fingerprint density at radius 3 is 2.47 bits per heavy atom. The standard InChI is InChI=1S/C23H22N4O3/c1-30-18-8-6-16(7-9-18)21(15-24)26-10-12-27(13-11-26)23(29)20-14-17-4-2-3-5-19(17)22(28)25-20/h2-9,14,21H,10-13H2,1H3,(H,25,28). The highest BCUT2D eigenvalue weighted by atomic mass is 16.5. The highest BCUT2D eigenvalue weighted by molar-refractivity contribution is 5.96. The van der Waals surface area contributed by atoms with E-state index in [1.54, 1.807) is 30.2 Å². The van der Waals surface area contributed by atoms with Crippen LogP contribution in [0.1, 0.15) is 22.1 Å². The van der Waals surface area contributed by atoms with Crippen LogP contribution >= 0.6 is 0 Å². The number of aromatic amines is 1. The van der Waals surface area contributed by atoms with Crippen LogP contribution in [-0.2, 0) is 0 Å². The van der Waals surface area contributed by atoms with Crippen LogP contribution in [0.5, 0.6) is 5.75 Å². The third-order valence-corrected chi connectivity index (χ3v) is 5.50. The van der Waals surface area contributed by atoms with E-state index in [2.05, 4.69) is 16.0 Å². The molecule has 1 N–H and O–H groups in total. The Morgan fingerprint density at radius 2 is 1.80 bits per heavy atom. The lowest BCUT2D eigenvalue weighted by atomic mass is 10.1. The number of pyridine rings is 1. The Hall–Kier alpha value is -3.63. The third-order valence-electron chi connectivity index (χ3n) is 5.50. The number of piperazine rings is 1. The summed E-state index contributed by atoms with van der Waals surface area (Å²) in [7, 11) is 1.61. The summed E-state index contributed by atoms with van der Waals surface area (Å²) in [5.74, 6) is 0.547. The summed E-state index contributed by atoms with van der Waals surface area (Å²) in [6, 6.07) is 18.4. The van der Waals surface area contributed by atoms with Gasteiger partial charge >= 0.3 is 0 Å². The van der Waals surface area contributed by atoms with Crippen LogP contribution in [0.3, 0.4) is 0 Å². The molecule has 2 heterocycles. The SMILES string of the molecule is COc1ccc(C(C#N)N2CCN(C(=O)c3cc4ccccc4c(=O)[nH]3)CC2)cc1. The fourth-order valence-corrected chi connectivity index (χ4v) is 3.83. The quantitative estimate of drug-likeness (QED) is 0.724. The number of nitrogens with one attached hydrogen (secondary N) is 1. The van der Waals surface area contributed by atoms with Crippen molar-refractivity contribution in [2.45, 2.75) is 6.04 Å². The maximum Gasteiger partial charge on any atom is 0.270 e. The largest absolute Gasteiger partial charge is 0.497 e. The van der Waals surface area contributed by atoms with Gasteiger partial charge in [0, 0.05) is 31.6 Å². The Kier molecular flexibility index (Phi) is 5.50. The van der Waals surface area contributed by atoms with Gasteiger partial charge in [-0.15, -0.1) is 0 Å². The van der Waals surface area contributed by atoms with Crippen LogP contribution in [0.2, 0.25) is 0 Å². The number of amides is 1. The van der Waals surface area contributed by atoms with Gasteiger partial charge in [0.2, 0.25) is 0 Å². The third kappa shape index (κ3) is 3.78. The number of methoxy groups -OCH3 is 1. The molecule has 7 heteroatoms. The lowest BCUT2D eigenvalue weighted by Crippen LogP contribution is -2.49. The fraction of sp³-hybridized carbons (Fsp3) is 0.261. The van der Waals surface area contributed by atoms with Crippen molar-refractivity contribution in [1.82, 2.24) is 14.8 Å². The minimum Gasteiger partial charge on any atom is -0.497 e. The number of hydrogen-bond acceptors (Lipinski definition) is 5. The summed E-state index contributed by atoms with van der Waals surface area (Å²) >= 11 is 0. The van der Waals surface area contributed by atoms with Crippen molar-refractivity contribution in [3.63, 3.8) is 0 Å². The molecule has 1 fully saturated rings. The minimum atomic E-state index is -0.381. The highest BCUT2D eigenvalue weighted by Gasteiger charge is 2.28. The number of hydrogen-bond donors (Lipinski definition) is 1. The van der Waals surface area contributed by atoms with E-state index in [9.17, 15) is 14.9 Å². The first-order valence-electron chi connectivity index (χ1n) is 9.79. The van der Waals surface area contributed by atoms with E-state index >= 15 is 0 Å². The van der Waals surface area contributed by atoms with Crippen LogP contribution in [0.15, 0.2) is 59.4 Å². The van der Waals surface area contributed by atoms with Gasteiger partial charge in [0.15, 0.2) is 0 Å². The predicted octanol–water partition coefficient (Wildman–Crippen LogP) is 2.56. The molecule has 1 atom stereocenters. The highest BCUT2D eigenvalue weighted by Crippen LogP contribution is 2.24. The normalized spacial score (nSPS) is 15.5. The molecular weight excluding hydrogens is 380 g/mol. The van der Waals surface area contributed by atoms with E-state index in [-0.39, 0.29) is 17.5 Å². The summed E-state index contributed by atoms with van der Waals surface area (Å²) < 4.78 is 5.18. The molecule has 1 aromatic heterocycles. The summed E-state index contributed by atoms with van der Waals surface area (Å²) in [5, 5.41) is 11.0. The molecule has 30 heavy (non-hydrogen) atoms. The van der Waals surface area contributed by atoms with Gasteiger partial charge in [0.05, 0.1) is 13.2 Å². The molecule has 0 saturated carbocycles. The van der Waals surface area contributed by atoms with Crippen molar-refractivity contribution in [3.8, 4) is 11.8 Å². The molecule has 1 amide bonds. The van der Waals surface area contributed by atoms with Crippen LogP contribution < -0.4 is 10.3 Å². The van der Waals surface area contributed by atoms with Gasteiger partial charge in [0.1, 0.15) is 17.5 Å². The van der Waals surface area contributed by atoms with Gasteiger partial charge in [-0.3, -0.25) is 14.5 Å². The second kappa shape index (κ2) is 8.39. The van der Waals surface area contributed by atoms with Gasteiger partial charge in [-0.05, 0) is 35.2 Å². The Bertz CT molecular complexity index is 1160. The lowest BCUT2D eigenvalue weighted by molar-refractivity contribution is 0.0600. The average molecular weight is 402 g/mol. The molecule has 0 aliphatic carbocycles. The van der Waals surface area contributed by atoms with Crippen molar-refractivity contribution in [1.29, 1.82) is 5.26 Å².